The number of halogens is 2. The number of ketones is 1. The van der Waals surface area contributed by atoms with Gasteiger partial charge in [-0.05, 0) is 43.6 Å². The van der Waals surface area contributed by atoms with Gasteiger partial charge < -0.3 is 15.4 Å². The Morgan fingerprint density at radius 2 is 2.12 bits per heavy atom. The van der Waals surface area contributed by atoms with E-state index in [0.717, 1.165) is 25.6 Å². The lowest BCUT2D eigenvalue weighted by Crippen LogP contribution is -2.48. The van der Waals surface area contributed by atoms with E-state index in [-0.39, 0.29) is 54.3 Å². The number of amides is 1. The van der Waals surface area contributed by atoms with Gasteiger partial charge in [0.2, 0.25) is 5.91 Å². The van der Waals surface area contributed by atoms with Crippen LogP contribution in [0.1, 0.15) is 36.5 Å². The first-order chi connectivity index (χ1) is 11.0. The number of piperidine rings is 1. The van der Waals surface area contributed by atoms with Gasteiger partial charge >= 0.3 is 0 Å². The summed E-state index contributed by atoms with van der Waals surface area (Å²) in [5.74, 6) is -0.490. The Labute approximate surface area is 147 Å². The molecular weight excluding hydrogens is 335 g/mol. The smallest absolute Gasteiger partial charge is 0.220 e. The Bertz CT molecular complexity index is 583. The third-order valence-electron chi connectivity index (χ3n) is 4.18. The number of methoxy groups -OCH3 is 1. The van der Waals surface area contributed by atoms with Gasteiger partial charge in [-0.15, -0.1) is 12.4 Å². The van der Waals surface area contributed by atoms with E-state index in [0.29, 0.717) is 5.92 Å². The number of carbonyl (C=O) groups is 2. The molecule has 2 rings (SSSR count). The average molecular weight is 359 g/mol. The largest absolute Gasteiger partial charge is 0.494 e. The highest BCUT2D eigenvalue weighted by Gasteiger charge is 2.22. The first-order valence-electron chi connectivity index (χ1n) is 7.88. The van der Waals surface area contributed by atoms with Gasteiger partial charge in [-0.1, -0.05) is 6.92 Å². The predicted octanol–water partition coefficient (Wildman–Crippen LogP) is 2.33. The van der Waals surface area contributed by atoms with Crippen LogP contribution in [0.2, 0.25) is 0 Å². The van der Waals surface area contributed by atoms with Crippen LogP contribution in [-0.2, 0) is 4.79 Å². The van der Waals surface area contributed by atoms with E-state index in [1.807, 2.05) is 0 Å². The second kappa shape index (κ2) is 9.59. The quantitative estimate of drug-likeness (QED) is 0.766. The normalized spacial score (nSPS) is 20.0. The highest BCUT2D eigenvalue weighted by molar-refractivity contribution is 5.98. The summed E-state index contributed by atoms with van der Waals surface area (Å²) < 4.78 is 18.4. The molecule has 2 atom stereocenters. The molecule has 5 nitrogen and oxygen atoms in total. The molecule has 0 aromatic heterocycles. The molecule has 0 radical (unpaired) electrons. The number of hydrogen-bond donors (Lipinski definition) is 2. The van der Waals surface area contributed by atoms with Crippen LogP contribution in [0, 0.1) is 11.7 Å². The van der Waals surface area contributed by atoms with Gasteiger partial charge in [0.1, 0.15) is 0 Å². The van der Waals surface area contributed by atoms with Gasteiger partial charge in [0.05, 0.1) is 7.11 Å². The second-order valence-corrected chi connectivity index (χ2v) is 5.92. The van der Waals surface area contributed by atoms with E-state index in [2.05, 4.69) is 17.6 Å². The summed E-state index contributed by atoms with van der Waals surface area (Å²) in [6.07, 6.45) is 1.07. The molecule has 0 saturated carbocycles. The van der Waals surface area contributed by atoms with E-state index in [4.69, 9.17) is 4.74 Å². The first-order valence-corrected chi connectivity index (χ1v) is 7.88. The van der Waals surface area contributed by atoms with E-state index in [1.165, 1.54) is 19.2 Å². The van der Waals surface area contributed by atoms with E-state index >= 15 is 0 Å². The Balaban J connectivity index is 0.00000288. The fraction of sp³-hybridized carbons (Fsp3) is 0.529. The molecule has 1 saturated heterocycles. The van der Waals surface area contributed by atoms with Gasteiger partial charge in [0.25, 0.3) is 0 Å². The highest BCUT2D eigenvalue weighted by atomic mass is 35.5. The minimum absolute atomic E-state index is 0. The van der Waals surface area contributed by atoms with E-state index in [9.17, 15) is 14.0 Å². The molecule has 1 aromatic carbocycles. The fourth-order valence-corrected chi connectivity index (χ4v) is 2.72. The number of carbonyl (C=O) groups excluding carboxylic acids is 2. The monoisotopic (exact) mass is 358 g/mol. The topological polar surface area (TPSA) is 67.4 Å². The van der Waals surface area contributed by atoms with Crippen molar-refractivity contribution in [2.24, 2.45) is 5.92 Å². The van der Waals surface area contributed by atoms with Gasteiger partial charge in [-0.25, -0.2) is 4.39 Å². The predicted molar refractivity (Wildman–Crippen MR) is 92.3 cm³/mol. The zero-order valence-electron chi connectivity index (χ0n) is 13.9. The van der Waals surface area contributed by atoms with Crippen molar-refractivity contribution >= 4 is 24.1 Å². The minimum Gasteiger partial charge on any atom is -0.494 e. The number of nitrogens with one attached hydrogen (secondary N) is 2. The molecule has 0 aliphatic carbocycles. The number of benzene rings is 1. The van der Waals surface area contributed by atoms with Crippen molar-refractivity contribution in [1.29, 1.82) is 0 Å². The third-order valence-corrected chi connectivity index (χ3v) is 4.18. The van der Waals surface area contributed by atoms with Gasteiger partial charge in [0, 0.05) is 24.4 Å². The van der Waals surface area contributed by atoms with Crippen LogP contribution >= 0.6 is 12.4 Å². The number of ether oxygens (including phenoxy) is 1. The van der Waals surface area contributed by atoms with Crippen molar-refractivity contribution in [3.63, 3.8) is 0 Å². The zero-order chi connectivity index (χ0) is 16.8. The van der Waals surface area contributed by atoms with Crippen LogP contribution in [-0.4, -0.2) is 37.9 Å². The first kappa shape index (κ1) is 20.4. The van der Waals surface area contributed by atoms with Crippen LogP contribution in [0.15, 0.2) is 18.2 Å². The fourth-order valence-electron chi connectivity index (χ4n) is 2.72. The molecule has 7 heteroatoms. The molecule has 1 amide bonds. The highest BCUT2D eigenvalue weighted by Crippen LogP contribution is 2.19. The zero-order valence-corrected chi connectivity index (χ0v) is 14.7. The van der Waals surface area contributed by atoms with Gasteiger partial charge in [0.15, 0.2) is 17.3 Å². The summed E-state index contributed by atoms with van der Waals surface area (Å²) in [6, 6.07) is 4.22. The number of hydrogen-bond acceptors (Lipinski definition) is 4. The summed E-state index contributed by atoms with van der Waals surface area (Å²) in [5.41, 5.74) is 0.256. The molecular formula is C17H24ClFN2O3. The van der Waals surface area contributed by atoms with Crippen molar-refractivity contribution in [3.8, 4) is 5.75 Å². The van der Waals surface area contributed by atoms with Crippen LogP contribution in [0.3, 0.4) is 0 Å². The van der Waals surface area contributed by atoms with Crippen LogP contribution in [0.5, 0.6) is 5.75 Å². The summed E-state index contributed by atoms with van der Waals surface area (Å²) in [4.78, 5) is 24.0. The minimum atomic E-state index is -0.577. The van der Waals surface area contributed by atoms with Crippen molar-refractivity contribution < 1.29 is 18.7 Å². The molecule has 24 heavy (non-hydrogen) atoms. The maximum atomic E-state index is 13.6. The summed E-state index contributed by atoms with van der Waals surface area (Å²) in [7, 11) is 1.37. The molecule has 1 aromatic rings. The third kappa shape index (κ3) is 5.46. The second-order valence-electron chi connectivity index (χ2n) is 5.92. The lowest BCUT2D eigenvalue weighted by molar-refractivity contribution is -0.122. The number of Topliss-reactive ketones (excluding diaryl/α,β-unsaturated/α-hetero) is 1. The summed E-state index contributed by atoms with van der Waals surface area (Å²) in [5, 5.41) is 6.25. The Morgan fingerprint density at radius 1 is 1.38 bits per heavy atom. The molecule has 1 heterocycles. The van der Waals surface area contributed by atoms with Crippen LogP contribution in [0.4, 0.5) is 4.39 Å². The molecule has 0 spiro atoms. The number of rotatable bonds is 6. The van der Waals surface area contributed by atoms with Crippen molar-refractivity contribution in [1.82, 2.24) is 10.6 Å². The molecule has 2 N–H and O–H groups in total. The SMILES string of the molecule is COc1ccc(C(=O)CCC(=O)NC2CCNCC2C)cc1F.Cl. The Hall–Kier alpha value is -1.66. The molecule has 1 fully saturated rings. The van der Waals surface area contributed by atoms with Gasteiger partial charge in [-0.2, -0.15) is 0 Å². The molecule has 0 bridgehead atoms. The van der Waals surface area contributed by atoms with E-state index < -0.39 is 5.82 Å². The molecule has 1 aliphatic heterocycles. The summed E-state index contributed by atoms with van der Waals surface area (Å²) >= 11 is 0. The van der Waals surface area contributed by atoms with Crippen LogP contribution in [0.25, 0.3) is 0 Å². The van der Waals surface area contributed by atoms with Crippen LogP contribution < -0.4 is 15.4 Å². The summed E-state index contributed by atoms with van der Waals surface area (Å²) in [6.45, 7) is 3.86. The lowest BCUT2D eigenvalue weighted by atomic mass is 9.95. The standard InChI is InChI=1S/C17H23FN2O3.ClH/c1-11-10-19-8-7-14(11)20-17(22)6-4-15(21)12-3-5-16(23-2)13(18)9-12;/h3,5,9,11,14,19H,4,6-8,10H2,1-2H3,(H,20,22);1H. The molecule has 134 valence electrons. The molecule has 2 unspecified atom stereocenters. The van der Waals surface area contributed by atoms with Crippen molar-refractivity contribution in [3.05, 3.63) is 29.6 Å². The maximum absolute atomic E-state index is 13.6. The van der Waals surface area contributed by atoms with Crippen molar-refractivity contribution in [2.75, 3.05) is 20.2 Å². The van der Waals surface area contributed by atoms with Gasteiger partial charge in [-0.3, -0.25) is 9.59 Å². The molecule has 1 aliphatic rings. The Morgan fingerprint density at radius 3 is 2.75 bits per heavy atom. The average Bonchev–Trinajstić information content (AvgIpc) is 2.54. The van der Waals surface area contributed by atoms with E-state index in [1.54, 1.807) is 0 Å². The maximum Gasteiger partial charge on any atom is 0.220 e. The Kier molecular flexibility index (Phi) is 8.15. The van der Waals surface area contributed by atoms with Crippen molar-refractivity contribution in [2.45, 2.75) is 32.2 Å². The lowest BCUT2D eigenvalue weighted by Gasteiger charge is -2.30.